The number of carbonyl (C=O) groups excluding carboxylic acids is 1. The van der Waals surface area contributed by atoms with Gasteiger partial charge in [0.2, 0.25) is 5.71 Å². The summed E-state index contributed by atoms with van der Waals surface area (Å²) in [7, 11) is 0. The Balaban J connectivity index is 0.000000233. The number of hydrogen-bond acceptors (Lipinski definition) is 6. The van der Waals surface area contributed by atoms with Gasteiger partial charge in [-0.2, -0.15) is 0 Å². The van der Waals surface area contributed by atoms with Crippen molar-refractivity contribution in [3.05, 3.63) is 71.6 Å². The summed E-state index contributed by atoms with van der Waals surface area (Å²) in [6, 6.07) is 15.5. The van der Waals surface area contributed by atoms with Crippen molar-refractivity contribution in [2.75, 3.05) is 0 Å². The Labute approximate surface area is 247 Å². The van der Waals surface area contributed by atoms with Gasteiger partial charge in [-0.1, -0.05) is 44.7 Å². The predicted octanol–water partition coefficient (Wildman–Crippen LogP) is 9.23. The molecule has 207 valence electrons. The third-order valence-electron chi connectivity index (χ3n) is 7.14. The first-order valence-electron chi connectivity index (χ1n) is 13.4. The minimum atomic E-state index is 0. The summed E-state index contributed by atoms with van der Waals surface area (Å²) in [5, 5.41) is 15.1. The molecule has 5 aromatic rings. The van der Waals surface area contributed by atoms with Crippen molar-refractivity contribution in [2.24, 2.45) is 11.8 Å². The zero-order valence-electron chi connectivity index (χ0n) is 23.1. The molecule has 0 atom stereocenters. The van der Waals surface area contributed by atoms with E-state index in [4.69, 9.17) is 4.42 Å². The van der Waals surface area contributed by atoms with E-state index in [1.165, 1.54) is 10.8 Å². The maximum absolute atomic E-state index is 11.7. The maximum atomic E-state index is 11.7. The number of nitrogens with zero attached hydrogens (tertiary/aromatic N) is 2. The smallest absolute Gasteiger partial charge is 0.216 e. The Hall–Kier alpha value is -2.86. The number of aliphatic hydroxyl groups is 1. The minimum Gasteiger partial charge on any atom is -0.512 e. The topological polar surface area (TPSA) is 76.2 Å². The van der Waals surface area contributed by atoms with Crippen LogP contribution in [0, 0.1) is 24.8 Å². The molecule has 0 aliphatic rings. The van der Waals surface area contributed by atoms with Crippen LogP contribution in [0.4, 0.5) is 0 Å². The number of benzene rings is 1. The Morgan fingerprint density at radius 3 is 2.41 bits per heavy atom. The van der Waals surface area contributed by atoms with Crippen LogP contribution in [0.15, 0.2) is 64.2 Å². The van der Waals surface area contributed by atoms with Gasteiger partial charge in [-0.05, 0) is 61.6 Å². The van der Waals surface area contributed by atoms with E-state index < -0.39 is 0 Å². The Bertz CT molecular complexity index is 1580. The van der Waals surface area contributed by atoms with Gasteiger partial charge in [0.25, 0.3) is 0 Å². The number of thiophene rings is 1. The predicted molar refractivity (Wildman–Crippen MR) is 158 cm³/mol. The van der Waals surface area contributed by atoms with E-state index in [0.717, 1.165) is 64.4 Å². The summed E-state index contributed by atoms with van der Waals surface area (Å²) in [6.45, 7) is 10.0. The molecular formula is C32H35IrN2O3S-. The molecule has 7 heteroatoms. The third-order valence-corrected chi connectivity index (χ3v) is 8.02. The van der Waals surface area contributed by atoms with Crippen LogP contribution in [0.25, 0.3) is 43.4 Å². The molecule has 0 aliphatic carbocycles. The summed E-state index contributed by atoms with van der Waals surface area (Å²) < 4.78 is 7.28. The number of carbonyl (C=O) groups is 1. The van der Waals surface area contributed by atoms with Crippen molar-refractivity contribution < 1.29 is 34.4 Å². The molecule has 1 aromatic carbocycles. The van der Waals surface area contributed by atoms with Gasteiger partial charge in [0.1, 0.15) is 0 Å². The quantitative estimate of drug-likeness (QED) is 0.0984. The van der Waals surface area contributed by atoms with Gasteiger partial charge in [0.15, 0.2) is 5.78 Å². The molecule has 1 N–H and O–H groups in total. The summed E-state index contributed by atoms with van der Waals surface area (Å²) in [5.41, 5.74) is 4.21. The second-order valence-corrected chi connectivity index (χ2v) is 10.4. The van der Waals surface area contributed by atoms with E-state index in [1.54, 1.807) is 11.3 Å². The van der Waals surface area contributed by atoms with E-state index in [0.29, 0.717) is 5.71 Å². The number of rotatable bonds is 8. The number of ketones is 1. The fourth-order valence-electron chi connectivity index (χ4n) is 4.76. The molecule has 0 unspecified atom stereocenters. The number of aryl methyl sites for hydroxylation is 1. The van der Waals surface area contributed by atoms with Crippen LogP contribution in [-0.4, -0.2) is 20.9 Å². The van der Waals surface area contributed by atoms with E-state index in [1.807, 2.05) is 65.1 Å². The minimum absolute atomic E-state index is 0. The van der Waals surface area contributed by atoms with Crippen LogP contribution >= 0.6 is 11.3 Å². The molecular weight excluding hydrogens is 685 g/mol. The molecule has 0 spiro atoms. The molecule has 0 saturated heterocycles. The van der Waals surface area contributed by atoms with Crippen molar-refractivity contribution in [1.82, 2.24) is 9.97 Å². The monoisotopic (exact) mass is 720 g/mol. The molecule has 0 fully saturated rings. The summed E-state index contributed by atoms with van der Waals surface area (Å²) >= 11 is 1.71. The molecule has 0 aliphatic heterocycles. The molecule has 5 nitrogen and oxygen atoms in total. The Morgan fingerprint density at radius 1 is 1.00 bits per heavy atom. The van der Waals surface area contributed by atoms with Crippen LogP contribution in [0.5, 0.6) is 0 Å². The molecule has 39 heavy (non-hydrogen) atoms. The molecule has 0 saturated carbocycles. The molecule has 4 heterocycles. The van der Waals surface area contributed by atoms with Crippen molar-refractivity contribution in [3.8, 4) is 11.3 Å². The van der Waals surface area contributed by atoms with E-state index in [9.17, 15) is 9.90 Å². The molecule has 1 radical (unpaired) electrons. The fourth-order valence-corrected chi connectivity index (χ4v) is 5.55. The van der Waals surface area contributed by atoms with E-state index in [2.05, 4.69) is 33.5 Å². The second kappa shape index (κ2) is 14.0. The summed E-state index contributed by atoms with van der Waals surface area (Å²) in [4.78, 5) is 20.8. The average Bonchev–Trinajstić information content (AvgIpc) is 3.54. The maximum Gasteiger partial charge on any atom is 0.216 e. The number of furan rings is 1. The van der Waals surface area contributed by atoms with Crippen molar-refractivity contribution in [3.63, 3.8) is 0 Å². The Morgan fingerprint density at radius 2 is 1.72 bits per heavy atom. The van der Waals surface area contributed by atoms with Gasteiger partial charge in [0, 0.05) is 65.7 Å². The summed E-state index contributed by atoms with van der Waals surface area (Å²) in [5.74, 6) is 0.547. The van der Waals surface area contributed by atoms with Gasteiger partial charge in [-0.3, -0.25) is 4.79 Å². The number of aromatic nitrogens is 2. The van der Waals surface area contributed by atoms with Crippen LogP contribution < -0.4 is 0 Å². The van der Waals surface area contributed by atoms with Gasteiger partial charge < -0.3 is 14.5 Å². The normalized spacial score (nSPS) is 11.7. The zero-order valence-corrected chi connectivity index (χ0v) is 26.3. The molecule has 0 amide bonds. The van der Waals surface area contributed by atoms with Gasteiger partial charge in [-0.15, -0.1) is 29.5 Å². The van der Waals surface area contributed by atoms with Crippen LogP contribution in [-0.2, 0) is 24.9 Å². The molecule has 5 rings (SSSR count). The average molecular weight is 720 g/mol. The number of hydrogen-bond donors (Lipinski definition) is 1. The van der Waals surface area contributed by atoms with Crippen molar-refractivity contribution in [1.29, 1.82) is 0 Å². The van der Waals surface area contributed by atoms with Gasteiger partial charge in [0.05, 0.1) is 11.3 Å². The number of fused-ring (bicyclic) bond motifs is 4. The van der Waals surface area contributed by atoms with Gasteiger partial charge >= 0.3 is 0 Å². The third kappa shape index (κ3) is 6.66. The SMILES string of the molecule is CCC(CC)C(=O)/C=C(\O)C(CC)CC.Cc1ccc2c(n1)oc1c(-c3nccc4sccc34)[c-]ccc12.[Ir]. The Kier molecular flexibility index (Phi) is 11.0. The van der Waals surface area contributed by atoms with Crippen LogP contribution in [0.3, 0.4) is 0 Å². The largest absolute Gasteiger partial charge is 0.512 e. The fraction of sp³-hybridized carbons (Fsp3) is 0.344. The number of aliphatic hydroxyl groups excluding tert-OH is 1. The number of pyridine rings is 2. The standard InChI is InChI=1S/C19H11N2OS.C13H24O2.Ir/c1-11-5-6-13-12-3-2-4-15(18(12)22-19(13)21-11)17-14-8-10-23-16(14)7-9-20-17;1-5-10(6-2)12(14)9-13(15)11(7-3)8-4;/h2-3,5-10H,1H3;9-11,14H,5-8H2,1-4H3;/q-1;;/b;12-9-;. The first-order chi connectivity index (χ1) is 18.4. The first kappa shape index (κ1) is 30.7. The van der Waals surface area contributed by atoms with Crippen molar-refractivity contribution >= 4 is 49.3 Å². The number of allylic oxidation sites excluding steroid dienone is 2. The first-order valence-corrected chi connectivity index (χ1v) is 14.3. The summed E-state index contributed by atoms with van der Waals surface area (Å²) in [6.07, 6.45) is 6.75. The van der Waals surface area contributed by atoms with Crippen molar-refractivity contribution in [2.45, 2.75) is 60.3 Å². The molecule has 4 aromatic heterocycles. The van der Waals surface area contributed by atoms with Crippen LogP contribution in [0.1, 0.15) is 59.1 Å². The van der Waals surface area contributed by atoms with E-state index in [-0.39, 0.29) is 43.5 Å². The second-order valence-electron chi connectivity index (χ2n) is 9.49. The van der Waals surface area contributed by atoms with E-state index >= 15 is 0 Å². The molecule has 0 bridgehead atoms. The van der Waals surface area contributed by atoms with Crippen LogP contribution in [0.2, 0.25) is 0 Å². The zero-order chi connectivity index (χ0) is 27.2. The van der Waals surface area contributed by atoms with Gasteiger partial charge in [-0.25, -0.2) is 4.98 Å².